The van der Waals surface area contributed by atoms with Gasteiger partial charge < -0.3 is 10.2 Å². The zero-order chi connectivity index (χ0) is 22.3. The van der Waals surface area contributed by atoms with Crippen LogP contribution in [0.25, 0.3) is 0 Å². The summed E-state index contributed by atoms with van der Waals surface area (Å²) >= 11 is 1.46. The molecule has 1 fully saturated rings. The highest BCUT2D eigenvalue weighted by molar-refractivity contribution is 7.16. The number of carbonyl (C=O) groups is 2. The standard InChI is InChI=1S/C25H30N4O2S/c26-16-21-20-12-15-29(24(31)9-7-19-10-13-27-14-11-19)17-22(20)32-25(21)28-23(30)8-6-18-4-2-1-3-5-18/h10-11,13-14,18H,1-9,12,15,17H2,(H,28,30). The van der Waals surface area contributed by atoms with Crippen molar-refractivity contribution in [1.82, 2.24) is 9.88 Å². The minimum atomic E-state index is -0.00375. The fourth-order valence-corrected chi connectivity index (χ4v) is 6.01. The summed E-state index contributed by atoms with van der Waals surface area (Å²) in [4.78, 5) is 32.2. The highest BCUT2D eigenvalue weighted by Gasteiger charge is 2.27. The Morgan fingerprint density at radius 1 is 1.19 bits per heavy atom. The number of nitrogens with zero attached hydrogens (tertiary/aromatic N) is 3. The van der Waals surface area contributed by atoms with Gasteiger partial charge in [-0.2, -0.15) is 5.26 Å². The molecule has 4 rings (SSSR count). The average Bonchev–Trinajstić information content (AvgIpc) is 3.18. The summed E-state index contributed by atoms with van der Waals surface area (Å²) in [6, 6.07) is 6.16. The molecule has 2 amide bonds. The highest BCUT2D eigenvalue weighted by atomic mass is 32.1. The van der Waals surface area contributed by atoms with Crippen molar-refractivity contribution in [3.8, 4) is 6.07 Å². The Morgan fingerprint density at radius 3 is 2.72 bits per heavy atom. The first-order valence-electron chi connectivity index (χ1n) is 11.6. The summed E-state index contributed by atoms with van der Waals surface area (Å²) in [7, 11) is 0. The lowest BCUT2D eigenvalue weighted by Gasteiger charge is -2.27. The van der Waals surface area contributed by atoms with Crippen molar-refractivity contribution in [2.75, 3.05) is 11.9 Å². The van der Waals surface area contributed by atoms with Crippen LogP contribution in [0.4, 0.5) is 5.00 Å². The van der Waals surface area contributed by atoms with E-state index in [-0.39, 0.29) is 11.8 Å². The number of aromatic nitrogens is 1. The molecule has 2 aromatic rings. The van der Waals surface area contributed by atoms with Crippen LogP contribution in [-0.2, 0) is 29.0 Å². The Hall–Kier alpha value is -2.72. The monoisotopic (exact) mass is 450 g/mol. The lowest BCUT2D eigenvalue weighted by molar-refractivity contribution is -0.132. The van der Waals surface area contributed by atoms with Crippen LogP contribution in [0.15, 0.2) is 24.5 Å². The van der Waals surface area contributed by atoms with E-state index in [1.165, 1.54) is 43.4 Å². The molecule has 0 radical (unpaired) electrons. The number of carbonyl (C=O) groups excluding carboxylic acids is 2. The van der Waals surface area contributed by atoms with Gasteiger partial charge in [-0.15, -0.1) is 11.3 Å². The van der Waals surface area contributed by atoms with Crippen LogP contribution >= 0.6 is 11.3 Å². The van der Waals surface area contributed by atoms with Gasteiger partial charge in [-0.05, 0) is 48.4 Å². The first-order chi connectivity index (χ1) is 15.6. The van der Waals surface area contributed by atoms with Gasteiger partial charge >= 0.3 is 0 Å². The first-order valence-corrected chi connectivity index (χ1v) is 12.5. The molecule has 0 atom stereocenters. The van der Waals surface area contributed by atoms with Crippen LogP contribution < -0.4 is 5.32 Å². The summed E-state index contributed by atoms with van der Waals surface area (Å²) in [5.74, 6) is 0.779. The summed E-state index contributed by atoms with van der Waals surface area (Å²) in [6.45, 7) is 1.13. The number of hydrogen-bond donors (Lipinski definition) is 1. The number of anilines is 1. The van der Waals surface area contributed by atoms with Gasteiger partial charge in [-0.3, -0.25) is 14.6 Å². The Morgan fingerprint density at radius 2 is 1.97 bits per heavy atom. The minimum absolute atomic E-state index is 0.00375. The number of nitriles is 1. The molecular formula is C25H30N4O2S. The summed E-state index contributed by atoms with van der Waals surface area (Å²) in [6.07, 6.45) is 13.1. The van der Waals surface area contributed by atoms with Crippen molar-refractivity contribution < 1.29 is 9.59 Å². The fraction of sp³-hybridized carbons (Fsp3) is 0.520. The molecule has 1 aliphatic heterocycles. The van der Waals surface area contributed by atoms with Crippen molar-refractivity contribution in [1.29, 1.82) is 5.26 Å². The molecule has 1 saturated carbocycles. The molecule has 3 heterocycles. The van der Waals surface area contributed by atoms with E-state index in [0.717, 1.165) is 22.4 Å². The maximum absolute atomic E-state index is 12.7. The van der Waals surface area contributed by atoms with Crippen LogP contribution in [0.3, 0.4) is 0 Å². The summed E-state index contributed by atoms with van der Waals surface area (Å²) in [5.41, 5.74) is 2.69. The molecule has 0 aromatic carbocycles. The number of hydrogen-bond acceptors (Lipinski definition) is 5. The van der Waals surface area contributed by atoms with E-state index in [1.54, 1.807) is 12.4 Å². The van der Waals surface area contributed by atoms with E-state index in [2.05, 4.69) is 16.4 Å². The molecule has 1 aliphatic carbocycles. The molecule has 0 bridgehead atoms. The lowest BCUT2D eigenvalue weighted by Crippen LogP contribution is -2.35. The molecule has 0 spiro atoms. The third-order valence-electron chi connectivity index (χ3n) is 6.66. The van der Waals surface area contributed by atoms with Gasteiger partial charge in [0.15, 0.2) is 0 Å². The Balaban J connectivity index is 1.34. The predicted octanol–water partition coefficient (Wildman–Crippen LogP) is 4.83. The molecule has 2 aliphatic rings. The number of fused-ring (bicyclic) bond motifs is 1. The first kappa shape index (κ1) is 22.5. The van der Waals surface area contributed by atoms with Gasteiger partial charge in [-0.1, -0.05) is 32.1 Å². The zero-order valence-corrected chi connectivity index (χ0v) is 19.3. The van der Waals surface area contributed by atoms with Crippen molar-refractivity contribution >= 4 is 28.2 Å². The fourth-order valence-electron chi connectivity index (χ4n) is 4.78. The van der Waals surface area contributed by atoms with E-state index in [9.17, 15) is 14.9 Å². The molecule has 6 nitrogen and oxygen atoms in total. The quantitative estimate of drug-likeness (QED) is 0.654. The minimum Gasteiger partial charge on any atom is -0.337 e. The second-order valence-electron chi connectivity index (χ2n) is 8.83. The molecule has 2 aromatic heterocycles. The van der Waals surface area contributed by atoms with Crippen LogP contribution in [0, 0.1) is 17.2 Å². The topological polar surface area (TPSA) is 86.1 Å². The smallest absolute Gasteiger partial charge is 0.225 e. The summed E-state index contributed by atoms with van der Waals surface area (Å²) in [5, 5.41) is 13.4. The molecule has 32 heavy (non-hydrogen) atoms. The summed E-state index contributed by atoms with van der Waals surface area (Å²) < 4.78 is 0. The van der Waals surface area contributed by atoms with Gasteiger partial charge in [0, 0.05) is 36.7 Å². The largest absolute Gasteiger partial charge is 0.337 e. The van der Waals surface area contributed by atoms with Gasteiger partial charge in [0.05, 0.1) is 12.1 Å². The van der Waals surface area contributed by atoms with Crippen molar-refractivity contribution in [3.63, 3.8) is 0 Å². The molecule has 0 saturated heterocycles. The average molecular weight is 451 g/mol. The van der Waals surface area contributed by atoms with Gasteiger partial charge in [0.1, 0.15) is 11.1 Å². The number of nitrogens with one attached hydrogen (secondary N) is 1. The lowest BCUT2D eigenvalue weighted by atomic mass is 9.86. The second-order valence-corrected chi connectivity index (χ2v) is 9.94. The van der Waals surface area contributed by atoms with E-state index >= 15 is 0 Å². The number of aryl methyl sites for hydroxylation is 1. The third kappa shape index (κ3) is 5.55. The normalized spacial score (nSPS) is 16.3. The molecular weight excluding hydrogens is 420 g/mol. The van der Waals surface area contributed by atoms with Gasteiger partial charge in [0.2, 0.25) is 11.8 Å². The van der Waals surface area contributed by atoms with Crippen molar-refractivity contribution in [2.45, 2.75) is 70.8 Å². The highest BCUT2D eigenvalue weighted by Crippen LogP contribution is 2.37. The zero-order valence-electron chi connectivity index (χ0n) is 18.4. The van der Waals surface area contributed by atoms with Crippen LogP contribution in [0.5, 0.6) is 0 Å². The Bertz CT molecular complexity index is 989. The van der Waals surface area contributed by atoms with E-state index in [0.29, 0.717) is 55.3 Å². The molecule has 7 heteroatoms. The van der Waals surface area contributed by atoms with Crippen LogP contribution in [0.1, 0.15) is 72.9 Å². The maximum atomic E-state index is 12.7. The molecule has 0 unspecified atom stereocenters. The van der Waals surface area contributed by atoms with Crippen molar-refractivity contribution in [3.05, 3.63) is 46.1 Å². The molecule has 1 N–H and O–H groups in total. The molecule has 168 valence electrons. The van der Waals surface area contributed by atoms with E-state index in [4.69, 9.17) is 0 Å². The Labute approximate surface area is 193 Å². The van der Waals surface area contributed by atoms with E-state index < -0.39 is 0 Å². The van der Waals surface area contributed by atoms with E-state index in [1.807, 2.05) is 17.0 Å². The second kappa shape index (κ2) is 10.7. The SMILES string of the molecule is N#Cc1c(NC(=O)CCC2CCCCC2)sc2c1CCN(C(=O)CCc1ccncc1)C2. The van der Waals surface area contributed by atoms with Gasteiger partial charge in [0.25, 0.3) is 0 Å². The van der Waals surface area contributed by atoms with Gasteiger partial charge in [-0.25, -0.2) is 0 Å². The third-order valence-corrected chi connectivity index (χ3v) is 7.79. The van der Waals surface area contributed by atoms with Crippen LogP contribution in [-0.4, -0.2) is 28.2 Å². The van der Waals surface area contributed by atoms with Crippen molar-refractivity contribution in [2.24, 2.45) is 5.92 Å². The predicted molar refractivity (Wildman–Crippen MR) is 125 cm³/mol. The number of pyridine rings is 1. The number of amides is 2. The Kier molecular flexibility index (Phi) is 7.54. The number of rotatable bonds is 7. The number of thiophene rings is 1. The van der Waals surface area contributed by atoms with Crippen LogP contribution in [0.2, 0.25) is 0 Å². The maximum Gasteiger partial charge on any atom is 0.225 e.